The van der Waals surface area contributed by atoms with Gasteiger partial charge in [-0.15, -0.1) is 0 Å². The molecule has 6 nitrogen and oxygen atoms in total. The number of hydrogen-bond donors (Lipinski definition) is 2. The summed E-state index contributed by atoms with van der Waals surface area (Å²) in [4.78, 5) is 26.7. The van der Waals surface area contributed by atoms with Crippen LogP contribution in [0.25, 0.3) is 6.08 Å². The summed E-state index contributed by atoms with van der Waals surface area (Å²) in [5, 5.41) is 12.1. The maximum absolute atomic E-state index is 12.6. The third-order valence-corrected chi connectivity index (χ3v) is 5.34. The van der Waals surface area contributed by atoms with Gasteiger partial charge in [0.15, 0.2) is 0 Å². The van der Waals surface area contributed by atoms with Gasteiger partial charge >= 0.3 is 0 Å². The molecule has 0 aromatic heterocycles. The summed E-state index contributed by atoms with van der Waals surface area (Å²) in [6, 6.07) is 13.7. The minimum Gasteiger partial charge on any atom is -0.508 e. The van der Waals surface area contributed by atoms with Crippen LogP contribution in [0.15, 0.2) is 53.4 Å². The number of benzene rings is 2. The minimum absolute atomic E-state index is 0.0671. The SMILES string of the molecule is COc1cccc(/C=C2\SC(=S)N(CCC(=O)Nc3cccc(O)c3)C2=O)c1. The topological polar surface area (TPSA) is 78.9 Å². The van der Waals surface area contributed by atoms with Gasteiger partial charge in [-0.3, -0.25) is 14.5 Å². The molecule has 2 amide bonds. The van der Waals surface area contributed by atoms with Crippen LogP contribution >= 0.6 is 24.0 Å². The van der Waals surface area contributed by atoms with E-state index in [-0.39, 0.29) is 30.5 Å². The van der Waals surface area contributed by atoms with Crippen LogP contribution < -0.4 is 10.1 Å². The zero-order valence-electron chi connectivity index (χ0n) is 15.0. The summed E-state index contributed by atoms with van der Waals surface area (Å²) in [7, 11) is 1.58. The van der Waals surface area contributed by atoms with Crippen molar-refractivity contribution in [3.63, 3.8) is 0 Å². The third-order valence-electron chi connectivity index (χ3n) is 3.96. The number of nitrogens with one attached hydrogen (secondary N) is 1. The number of carbonyl (C=O) groups is 2. The highest BCUT2D eigenvalue weighted by molar-refractivity contribution is 8.26. The highest BCUT2D eigenvalue weighted by atomic mass is 32.2. The van der Waals surface area contributed by atoms with E-state index in [1.165, 1.54) is 28.8 Å². The molecule has 1 fully saturated rings. The fraction of sp³-hybridized carbons (Fsp3) is 0.150. The van der Waals surface area contributed by atoms with Crippen LogP contribution in [0.1, 0.15) is 12.0 Å². The second-order valence-electron chi connectivity index (χ2n) is 5.96. The van der Waals surface area contributed by atoms with E-state index < -0.39 is 0 Å². The number of anilines is 1. The van der Waals surface area contributed by atoms with Gasteiger partial charge in [0, 0.05) is 24.7 Å². The van der Waals surface area contributed by atoms with Gasteiger partial charge in [-0.2, -0.15) is 0 Å². The third kappa shape index (κ3) is 4.90. The Balaban J connectivity index is 1.62. The smallest absolute Gasteiger partial charge is 0.266 e. The number of hydrogen-bond acceptors (Lipinski definition) is 6. The van der Waals surface area contributed by atoms with Gasteiger partial charge in [0.2, 0.25) is 5.91 Å². The van der Waals surface area contributed by atoms with E-state index in [0.717, 1.165) is 5.56 Å². The predicted octanol–water partition coefficient (Wildman–Crippen LogP) is 3.63. The van der Waals surface area contributed by atoms with Crippen LogP contribution in [-0.2, 0) is 9.59 Å². The van der Waals surface area contributed by atoms with Crippen LogP contribution in [-0.4, -0.2) is 39.8 Å². The number of ether oxygens (including phenoxy) is 1. The van der Waals surface area contributed by atoms with Crippen LogP contribution in [0.5, 0.6) is 11.5 Å². The lowest BCUT2D eigenvalue weighted by atomic mass is 10.2. The average molecular weight is 415 g/mol. The number of methoxy groups -OCH3 is 1. The zero-order chi connectivity index (χ0) is 20.1. The highest BCUT2D eigenvalue weighted by Crippen LogP contribution is 2.33. The second kappa shape index (κ2) is 8.90. The Bertz CT molecular complexity index is 959. The molecule has 1 aliphatic heterocycles. The molecular weight excluding hydrogens is 396 g/mol. The first kappa shape index (κ1) is 19.9. The Kier molecular flexibility index (Phi) is 6.33. The molecule has 2 aromatic carbocycles. The normalized spacial score (nSPS) is 15.2. The highest BCUT2D eigenvalue weighted by Gasteiger charge is 2.32. The maximum atomic E-state index is 12.6. The van der Waals surface area contributed by atoms with Crippen molar-refractivity contribution in [2.45, 2.75) is 6.42 Å². The van der Waals surface area contributed by atoms with Crippen LogP contribution in [0.3, 0.4) is 0 Å². The molecule has 0 unspecified atom stereocenters. The lowest BCUT2D eigenvalue weighted by molar-refractivity contribution is -0.122. The van der Waals surface area contributed by atoms with Gasteiger partial charge in [-0.1, -0.05) is 42.2 Å². The number of aromatic hydroxyl groups is 1. The van der Waals surface area contributed by atoms with Crippen LogP contribution in [0, 0.1) is 0 Å². The van der Waals surface area contributed by atoms with E-state index in [4.69, 9.17) is 17.0 Å². The number of nitrogens with zero attached hydrogens (tertiary/aromatic N) is 1. The fourth-order valence-corrected chi connectivity index (χ4v) is 3.90. The number of carbonyl (C=O) groups excluding carboxylic acids is 2. The molecule has 1 saturated heterocycles. The van der Waals surface area contributed by atoms with Gasteiger partial charge in [0.25, 0.3) is 5.91 Å². The van der Waals surface area contributed by atoms with E-state index in [1.54, 1.807) is 25.3 Å². The maximum Gasteiger partial charge on any atom is 0.266 e. The van der Waals surface area contributed by atoms with Crippen molar-refractivity contribution >= 4 is 51.9 Å². The monoisotopic (exact) mass is 414 g/mol. The lowest BCUT2D eigenvalue weighted by Gasteiger charge is -2.14. The molecule has 144 valence electrons. The largest absolute Gasteiger partial charge is 0.508 e. The molecule has 0 atom stereocenters. The first-order valence-electron chi connectivity index (χ1n) is 8.44. The number of phenolic OH excluding ortho intramolecular Hbond substituents is 1. The molecule has 3 rings (SSSR count). The molecule has 0 aliphatic carbocycles. The molecule has 0 saturated carbocycles. The van der Waals surface area contributed by atoms with Gasteiger partial charge in [0.05, 0.1) is 12.0 Å². The Morgan fingerprint density at radius 1 is 1.29 bits per heavy atom. The first-order chi connectivity index (χ1) is 13.5. The number of amides is 2. The lowest BCUT2D eigenvalue weighted by Crippen LogP contribution is -2.31. The van der Waals surface area contributed by atoms with Gasteiger partial charge < -0.3 is 15.2 Å². The average Bonchev–Trinajstić information content (AvgIpc) is 2.93. The molecule has 0 spiro atoms. The number of thiocarbonyl (C=S) groups is 1. The Morgan fingerprint density at radius 3 is 2.82 bits per heavy atom. The number of rotatable bonds is 6. The molecule has 1 heterocycles. The summed E-state index contributed by atoms with van der Waals surface area (Å²) >= 11 is 6.51. The Hall–Kier alpha value is -2.84. The van der Waals surface area contributed by atoms with Crippen molar-refractivity contribution in [3.8, 4) is 11.5 Å². The zero-order valence-corrected chi connectivity index (χ0v) is 16.7. The molecule has 0 radical (unpaired) electrons. The van der Waals surface area contributed by atoms with E-state index in [2.05, 4.69) is 5.32 Å². The summed E-state index contributed by atoms with van der Waals surface area (Å²) < 4.78 is 5.61. The van der Waals surface area contributed by atoms with Crippen LogP contribution in [0.2, 0.25) is 0 Å². The van der Waals surface area contributed by atoms with E-state index in [0.29, 0.717) is 20.7 Å². The molecule has 0 bridgehead atoms. The molecule has 2 aromatic rings. The summed E-state index contributed by atoms with van der Waals surface area (Å²) in [5.74, 6) is 0.282. The number of thioether (sulfide) groups is 1. The van der Waals surface area contributed by atoms with Crippen molar-refractivity contribution in [2.75, 3.05) is 19.0 Å². The predicted molar refractivity (Wildman–Crippen MR) is 114 cm³/mol. The van der Waals surface area contributed by atoms with Crippen molar-refractivity contribution in [1.82, 2.24) is 4.90 Å². The Labute approximate surface area is 172 Å². The van der Waals surface area contributed by atoms with Gasteiger partial charge in [-0.25, -0.2) is 0 Å². The standard InChI is InChI=1S/C20H18N2O4S2/c1-26-16-7-2-4-13(10-16)11-17-19(25)22(20(27)28-17)9-8-18(24)21-14-5-3-6-15(23)12-14/h2-7,10-12,23H,8-9H2,1H3,(H,21,24)/b17-11-. The summed E-state index contributed by atoms with van der Waals surface area (Å²) in [6.07, 6.45) is 1.85. The molecule has 2 N–H and O–H groups in total. The van der Waals surface area contributed by atoms with E-state index in [9.17, 15) is 14.7 Å². The van der Waals surface area contributed by atoms with Crippen LogP contribution in [0.4, 0.5) is 5.69 Å². The van der Waals surface area contributed by atoms with Crippen molar-refractivity contribution in [1.29, 1.82) is 0 Å². The Morgan fingerprint density at radius 2 is 2.07 bits per heavy atom. The second-order valence-corrected chi connectivity index (χ2v) is 7.63. The molecule has 1 aliphatic rings. The summed E-state index contributed by atoms with van der Waals surface area (Å²) in [6.45, 7) is 0.185. The minimum atomic E-state index is -0.267. The van der Waals surface area contributed by atoms with Gasteiger partial charge in [-0.05, 0) is 35.9 Å². The molecule has 28 heavy (non-hydrogen) atoms. The van der Waals surface area contributed by atoms with E-state index in [1.807, 2.05) is 24.3 Å². The van der Waals surface area contributed by atoms with Gasteiger partial charge in [0.1, 0.15) is 15.8 Å². The first-order valence-corrected chi connectivity index (χ1v) is 9.67. The van der Waals surface area contributed by atoms with Crippen molar-refractivity contribution < 1.29 is 19.4 Å². The molecule has 8 heteroatoms. The van der Waals surface area contributed by atoms with E-state index >= 15 is 0 Å². The molecular formula is C20H18N2O4S2. The van der Waals surface area contributed by atoms with Crippen molar-refractivity contribution in [2.24, 2.45) is 0 Å². The van der Waals surface area contributed by atoms with Crippen molar-refractivity contribution in [3.05, 3.63) is 59.0 Å². The summed E-state index contributed by atoms with van der Waals surface area (Å²) in [5.41, 5.74) is 1.33. The number of phenols is 1. The quantitative estimate of drug-likeness (QED) is 0.555. The fourth-order valence-electron chi connectivity index (χ4n) is 2.60.